The third kappa shape index (κ3) is 8.17. The number of ether oxygens (including phenoxy) is 2. The highest BCUT2D eigenvalue weighted by Crippen LogP contribution is 2.36. The van der Waals surface area contributed by atoms with Gasteiger partial charge in [-0.2, -0.15) is 11.3 Å². The fourth-order valence-corrected chi connectivity index (χ4v) is 6.52. The zero-order chi connectivity index (χ0) is 24.6. The molecule has 192 valence electrons. The first kappa shape index (κ1) is 26.9. The topological polar surface area (TPSA) is 42.0 Å². The van der Waals surface area contributed by atoms with Gasteiger partial charge in [0.25, 0.3) is 0 Å². The van der Waals surface area contributed by atoms with E-state index in [1.807, 2.05) is 12.1 Å². The maximum atomic E-state index is 10.8. The van der Waals surface area contributed by atoms with Gasteiger partial charge in [0.2, 0.25) is 0 Å². The van der Waals surface area contributed by atoms with Gasteiger partial charge >= 0.3 is 5.97 Å². The van der Waals surface area contributed by atoms with Crippen LogP contribution in [0.4, 0.5) is 0 Å². The van der Waals surface area contributed by atoms with Crippen LogP contribution in [0.5, 0.6) is 0 Å². The van der Waals surface area contributed by atoms with Gasteiger partial charge in [-0.15, -0.1) is 0 Å². The maximum absolute atomic E-state index is 10.8. The van der Waals surface area contributed by atoms with Crippen LogP contribution in [-0.2, 0) is 20.8 Å². The summed E-state index contributed by atoms with van der Waals surface area (Å²) in [7, 11) is 0. The standard InChI is InChI=1S/C27H36Cl2N2O3S/c1-20(32)34-11-2-10-33-18-21-5-8-30(9-6-21)15-24-16-31(17-26(24)23-7-12-35-19-23)14-22-3-4-25(28)13-27(22)29/h3-4,7,12-13,19,21,24,26H,2,5-6,8-11,14-18H2,1H3. The number of carbonyl (C=O) groups is 1. The van der Waals surface area contributed by atoms with Gasteiger partial charge < -0.3 is 14.4 Å². The normalized spacial score (nSPS) is 22.0. The van der Waals surface area contributed by atoms with E-state index in [2.05, 4.69) is 32.7 Å². The van der Waals surface area contributed by atoms with Crippen molar-refractivity contribution in [2.24, 2.45) is 11.8 Å². The number of piperidine rings is 1. The number of rotatable bonds is 11. The van der Waals surface area contributed by atoms with Crippen LogP contribution in [0.25, 0.3) is 0 Å². The Morgan fingerprint density at radius 2 is 1.94 bits per heavy atom. The maximum Gasteiger partial charge on any atom is 0.302 e. The first-order valence-corrected chi connectivity index (χ1v) is 14.3. The van der Waals surface area contributed by atoms with Crippen molar-refractivity contribution in [1.29, 1.82) is 0 Å². The number of thiophene rings is 1. The number of hydrogen-bond acceptors (Lipinski definition) is 6. The van der Waals surface area contributed by atoms with Crippen LogP contribution in [0.1, 0.15) is 43.2 Å². The highest BCUT2D eigenvalue weighted by Gasteiger charge is 2.36. The molecule has 2 atom stereocenters. The lowest BCUT2D eigenvalue weighted by molar-refractivity contribution is -0.141. The lowest BCUT2D eigenvalue weighted by atomic mass is 9.89. The average molecular weight is 540 g/mol. The molecule has 1 aromatic heterocycles. The van der Waals surface area contributed by atoms with Gasteiger partial charge in [-0.05, 0) is 77.9 Å². The van der Waals surface area contributed by atoms with E-state index in [4.69, 9.17) is 32.7 Å². The van der Waals surface area contributed by atoms with Crippen molar-refractivity contribution in [1.82, 2.24) is 9.80 Å². The molecule has 0 spiro atoms. The Morgan fingerprint density at radius 3 is 2.66 bits per heavy atom. The van der Waals surface area contributed by atoms with Crippen LogP contribution in [0, 0.1) is 11.8 Å². The highest BCUT2D eigenvalue weighted by molar-refractivity contribution is 7.08. The molecule has 2 unspecified atom stereocenters. The Labute approximate surface area is 223 Å². The van der Waals surface area contributed by atoms with Crippen LogP contribution in [0.3, 0.4) is 0 Å². The number of nitrogens with zero attached hydrogens (tertiary/aromatic N) is 2. The second-order valence-electron chi connectivity index (χ2n) is 9.87. The van der Waals surface area contributed by atoms with Crippen molar-refractivity contribution in [2.75, 3.05) is 52.5 Å². The Hall–Kier alpha value is -1.15. The van der Waals surface area contributed by atoms with Gasteiger partial charge in [-0.3, -0.25) is 9.69 Å². The van der Waals surface area contributed by atoms with E-state index in [1.54, 1.807) is 11.3 Å². The summed E-state index contributed by atoms with van der Waals surface area (Å²) in [6, 6.07) is 8.13. The molecular weight excluding hydrogens is 503 g/mol. The van der Waals surface area contributed by atoms with Crippen molar-refractivity contribution >= 4 is 40.5 Å². The molecule has 2 aliphatic rings. The molecule has 2 saturated heterocycles. The number of benzene rings is 1. The molecule has 5 nitrogen and oxygen atoms in total. The largest absolute Gasteiger partial charge is 0.466 e. The summed E-state index contributed by atoms with van der Waals surface area (Å²) in [6.07, 6.45) is 3.13. The van der Waals surface area contributed by atoms with E-state index >= 15 is 0 Å². The second-order valence-corrected chi connectivity index (χ2v) is 11.5. The third-order valence-electron chi connectivity index (χ3n) is 7.19. The summed E-state index contributed by atoms with van der Waals surface area (Å²) in [5, 5.41) is 5.96. The van der Waals surface area contributed by atoms with E-state index in [9.17, 15) is 4.79 Å². The van der Waals surface area contributed by atoms with Crippen LogP contribution < -0.4 is 0 Å². The molecule has 0 radical (unpaired) electrons. The third-order valence-corrected chi connectivity index (χ3v) is 8.48. The molecular formula is C27H36Cl2N2O3S. The Balaban J connectivity index is 1.24. The molecule has 2 aliphatic heterocycles. The van der Waals surface area contributed by atoms with Gasteiger partial charge in [-0.25, -0.2) is 0 Å². The molecule has 4 rings (SSSR count). The molecule has 2 aromatic rings. The summed E-state index contributed by atoms with van der Waals surface area (Å²) < 4.78 is 10.8. The number of carbonyl (C=O) groups excluding carboxylic acids is 1. The van der Waals surface area contributed by atoms with E-state index in [0.717, 1.165) is 62.9 Å². The summed E-state index contributed by atoms with van der Waals surface area (Å²) in [5.74, 6) is 1.58. The first-order valence-electron chi connectivity index (χ1n) is 12.6. The number of hydrogen-bond donors (Lipinski definition) is 0. The minimum absolute atomic E-state index is 0.224. The van der Waals surface area contributed by atoms with Crippen molar-refractivity contribution in [3.05, 3.63) is 56.2 Å². The second kappa shape index (κ2) is 13.4. The van der Waals surface area contributed by atoms with E-state index in [-0.39, 0.29) is 5.97 Å². The van der Waals surface area contributed by atoms with E-state index in [1.165, 1.54) is 25.3 Å². The minimum atomic E-state index is -0.224. The quantitative estimate of drug-likeness (QED) is 0.261. The summed E-state index contributed by atoms with van der Waals surface area (Å²) in [5.41, 5.74) is 2.62. The molecule has 0 aliphatic carbocycles. The van der Waals surface area contributed by atoms with Gasteiger partial charge in [-0.1, -0.05) is 29.3 Å². The van der Waals surface area contributed by atoms with Gasteiger partial charge in [0, 0.05) is 68.7 Å². The van der Waals surface area contributed by atoms with Gasteiger partial charge in [0.05, 0.1) is 6.61 Å². The predicted molar refractivity (Wildman–Crippen MR) is 144 cm³/mol. The number of esters is 1. The fraction of sp³-hybridized carbons (Fsp3) is 0.593. The van der Waals surface area contributed by atoms with E-state index < -0.39 is 0 Å². The SMILES string of the molecule is CC(=O)OCCCOCC1CCN(CC2CN(Cc3ccc(Cl)cc3Cl)CC2c2ccsc2)CC1. The first-order chi connectivity index (χ1) is 17.0. The van der Waals surface area contributed by atoms with E-state index in [0.29, 0.717) is 36.0 Å². The van der Waals surface area contributed by atoms with Crippen LogP contribution in [0.15, 0.2) is 35.0 Å². The van der Waals surface area contributed by atoms with Crippen LogP contribution >= 0.6 is 34.5 Å². The summed E-state index contributed by atoms with van der Waals surface area (Å²) in [6.45, 7) is 9.79. The highest BCUT2D eigenvalue weighted by atomic mass is 35.5. The van der Waals surface area contributed by atoms with Crippen molar-refractivity contribution in [3.63, 3.8) is 0 Å². The van der Waals surface area contributed by atoms with Gasteiger partial charge in [0.1, 0.15) is 0 Å². The fourth-order valence-electron chi connectivity index (χ4n) is 5.32. The molecule has 3 heterocycles. The summed E-state index contributed by atoms with van der Waals surface area (Å²) >= 11 is 14.4. The molecule has 0 saturated carbocycles. The lowest BCUT2D eigenvalue weighted by Crippen LogP contribution is -2.39. The van der Waals surface area contributed by atoms with Crippen molar-refractivity contribution < 1.29 is 14.3 Å². The van der Waals surface area contributed by atoms with Gasteiger partial charge in [0.15, 0.2) is 0 Å². The Kier molecular flexibility index (Phi) is 10.3. The average Bonchev–Trinajstić information content (AvgIpc) is 3.49. The van der Waals surface area contributed by atoms with Crippen LogP contribution in [0.2, 0.25) is 10.0 Å². The molecule has 0 bridgehead atoms. The molecule has 35 heavy (non-hydrogen) atoms. The van der Waals surface area contributed by atoms with Crippen LogP contribution in [-0.4, -0.2) is 68.3 Å². The lowest BCUT2D eigenvalue weighted by Gasteiger charge is -2.34. The Morgan fingerprint density at radius 1 is 1.11 bits per heavy atom. The molecule has 2 fully saturated rings. The zero-order valence-corrected chi connectivity index (χ0v) is 22.8. The predicted octanol–water partition coefficient (Wildman–Crippen LogP) is 5.95. The molecule has 0 N–H and O–H groups in total. The Bertz CT molecular complexity index is 935. The summed E-state index contributed by atoms with van der Waals surface area (Å²) in [4.78, 5) is 16.0. The monoisotopic (exact) mass is 538 g/mol. The smallest absolute Gasteiger partial charge is 0.302 e. The van der Waals surface area contributed by atoms with Crippen molar-refractivity contribution in [3.8, 4) is 0 Å². The molecule has 1 aromatic carbocycles. The molecule has 8 heteroatoms. The van der Waals surface area contributed by atoms with Crippen molar-refractivity contribution in [2.45, 2.75) is 38.6 Å². The molecule has 0 amide bonds. The number of halogens is 2. The zero-order valence-electron chi connectivity index (χ0n) is 20.5. The number of likely N-dealkylation sites (tertiary alicyclic amines) is 2. The minimum Gasteiger partial charge on any atom is -0.466 e.